The fraction of sp³-hybridized carbons (Fsp3) is 0.435. The topological polar surface area (TPSA) is 127 Å². The predicted octanol–water partition coefficient (Wildman–Crippen LogP) is 4.44. The Labute approximate surface area is 207 Å². The highest BCUT2D eigenvalue weighted by molar-refractivity contribution is 6.34. The minimum atomic E-state index is -0.744. The first-order chi connectivity index (χ1) is 16.8. The van der Waals surface area contributed by atoms with Gasteiger partial charge in [-0.25, -0.2) is 9.59 Å². The number of anilines is 1. The number of aromatic nitrogens is 4. The molecular weight excluding hydrogens is 478 g/mol. The van der Waals surface area contributed by atoms with E-state index in [1.54, 1.807) is 27.2 Å². The summed E-state index contributed by atoms with van der Waals surface area (Å²) in [6.45, 7) is 8.10. The molecule has 3 aromatic rings. The van der Waals surface area contributed by atoms with E-state index in [-0.39, 0.29) is 30.9 Å². The smallest absolute Gasteiger partial charge is 0.496 e. The van der Waals surface area contributed by atoms with Crippen LogP contribution in [0.25, 0.3) is 11.0 Å². The van der Waals surface area contributed by atoms with Gasteiger partial charge in [0.05, 0.1) is 44.6 Å². The standard InChI is InChI=1S/C23H28ClN5O6/c1-6-33-22(30)28-21-26-19(24)17-15(8-9-35-23(31)34-7-2)11-29(20(17)27-21)12-16-14(4)18(32-5)13(3)10-25-16/h10-11H,6-9,12H2,1-5H3,(H,26,27,28,30). The summed E-state index contributed by atoms with van der Waals surface area (Å²) in [7, 11) is 1.62. The molecule has 0 radical (unpaired) electrons. The number of ether oxygens (including phenoxy) is 4. The first-order valence-electron chi connectivity index (χ1n) is 11.1. The molecule has 0 saturated heterocycles. The Morgan fingerprint density at radius 1 is 1.11 bits per heavy atom. The van der Waals surface area contributed by atoms with Crippen molar-refractivity contribution in [1.29, 1.82) is 0 Å². The van der Waals surface area contributed by atoms with Crippen LogP contribution in [0.1, 0.15) is 36.2 Å². The number of rotatable bonds is 9. The monoisotopic (exact) mass is 505 g/mol. The lowest BCUT2D eigenvalue weighted by Crippen LogP contribution is -2.16. The second kappa shape index (κ2) is 11.7. The van der Waals surface area contributed by atoms with E-state index in [0.717, 1.165) is 28.1 Å². The number of amides is 1. The third-order valence-electron chi connectivity index (χ3n) is 5.16. The molecule has 11 nitrogen and oxygen atoms in total. The second-order valence-electron chi connectivity index (χ2n) is 7.49. The molecule has 0 aliphatic rings. The minimum absolute atomic E-state index is 0.000733. The number of halogens is 1. The summed E-state index contributed by atoms with van der Waals surface area (Å²) in [4.78, 5) is 36.7. The summed E-state index contributed by atoms with van der Waals surface area (Å²) in [5.74, 6) is 0.757. The summed E-state index contributed by atoms with van der Waals surface area (Å²) in [5.41, 5.74) is 3.83. The molecule has 0 fully saturated rings. The molecule has 0 spiro atoms. The Balaban J connectivity index is 2.02. The zero-order valence-electron chi connectivity index (χ0n) is 20.3. The van der Waals surface area contributed by atoms with Crippen LogP contribution in [-0.2, 0) is 27.2 Å². The zero-order chi connectivity index (χ0) is 25.5. The summed E-state index contributed by atoms with van der Waals surface area (Å²) < 4.78 is 22.2. The molecule has 3 heterocycles. The van der Waals surface area contributed by atoms with Gasteiger partial charge >= 0.3 is 12.2 Å². The van der Waals surface area contributed by atoms with Crippen LogP contribution < -0.4 is 10.1 Å². The number of nitrogens with zero attached hydrogens (tertiary/aromatic N) is 4. The second-order valence-corrected chi connectivity index (χ2v) is 7.85. The van der Waals surface area contributed by atoms with Gasteiger partial charge in [0, 0.05) is 29.9 Å². The highest BCUT2D eigenvalue weighted by Crippen LogP contribution is 2.30. The number of carbonyl (C=O) groups excluding carboxylic acids is 2. The molecule has 0 aliphatic carbocycles. The molecule has 3 rings (SSSR count). The Hall–Kier alpha value is -3.60. The fourth-order valence-electron chi connectivity index (χ4n) is 3.64. The van der Waals surface area contributed by atoms with Crippen LogP contribution in [0.2, 0.25) is 5.15 Å². The highest BCUT2D eigenvalue weighted by Gasteiger charge is 2.20. The summed E-state index contributed by atoms with van der Waals surface area (Å²) in [6.07, 6.45) is 2.51. The molecule has 12 heteroatoms. The van der Waals surface area contributed by atoms with E-state index in [2.05, 4.69) is 20.3 Å². The van der Waals surface area contributed by atoms with Crippen molar-refractivity contribution in [2.24, 2.45) is 0 Å². The lowest BCUT2D eigenvalue weighted by atomic mass is 10.1. The van der Waals surface area contributed by atoms with Gasteiger partial charge in [-0.05, 0) is 33.3 Å². The molecule has 0 unspecified atom stereocenters. The lowest BCUT2D eigenvalue weighted by Gasteiger charge is -2.13. The summed E-state index contributed by atoms with van der Waals surface area (Å²) in [5, 5.41) is 3.19. The molecule has 0 bridgehead atoms. The Morgan fingerprint density at radius 3 is 2.54 bits per heavy atom. The Bertz CT molecular complexity index is 1230. The number of pyridine rings is 1. The fourth-order valence-corrected chi connectivity index (χ4v) is 3.93. The number of aryl methyl sites for hydroxylation is 1. The molecule has 35 heavy (non-hydrogen) atoms. The van der Waals surface area contributed by atoms with Crippen molar-refractivity contribution < 1.29 is 28.5 Å². The molecular formula is C23H28ClN5O6. The maximum absolute atomic E-state index is 11.9. The van der Waals surface area contributed by atoms with Crippen molar-refractivity contribution in [1.82, 2.24) is 19.5 Å². The number of nitrogens with one attached hydrogen (secondary N) is 1. The SMILES string of the molecule is CCOC(=O)Nc1nc(Cl)c2c(CCOC(=O)OCC)cn(Cc3ncc(C)c(OC)c3C)c2n1. The predicted molar refractivity (Wildman–Crippen MR) is 129 cm³/mol. The lowest BCUT2D eigenvalue weighted by molar-refractivity contribution is 0.0600. The van der Waals surface area contributed by atoms with Crippen molar-refractivity contribution in [3.8, 4) is 5.75 Å². The van der Waals surface area contributed by atoms with Crippen molar-refractivity contribution in [3.05, 3.63) is 39.9 Å². The van der Waals surface area contributed by atoms with E-state index in [0.29, 0.717) is 24.0 Å². The largest absolute Gasteiger partial charge is 0.508 e. The quantitative estimate of drug-likeness (QED) is 0.331. The Morgan fingerprint density at radius 2 is 1.86 bits per heavy atom. The van der Waals surface area contributed by atoms with E-state index < -0.39 is 12.2 Å². The van der Waals surface area contributed by atoms with Crippen LogP contribution in [-0.4, -0.2) is 58.7 Å². The van der Waals surface area contributed by atoms with Crippen LogP contribution in [0.5, 0.6) is 5.75 Å². The van der Waals surface area contributed by atoms with Gasteiger partial charge in [0.25, 0.3) is 0 Å². The van der Waals surface area contributed by atoms with E-state index in [1.807, 2.05) is 24.6 Å². The van der Waals surface area contributed by atoms with E-state index in [1.165, 1.54) is 0 Å². The van der Waals surface area contributed by atoms with Gasteiger partial charge in [-0.2, -0.15) is 9.97 Å². The normalized spacial score (nSPS) is 10.8. The van der Waals surface area contributed by atoms with Gasteiger partial charge in [-0.15, -0.1) is 0 Å². The molecule has 0 saturated carbocycles. The van der Waals surface area contributed by atoms with E-state index in [9.17, 15) is 9.59 Å². The van der Waals surface area contributed by atoms with Gasteiger partial charge in [0.2, 0.25) is 5.95 Å². The third-order valence-corrected chi connectivity index (χ3v) is 5.44. The van der Waals surface area contributed by atoms with Crippen LogP contribution >= 0.6 is 11.6 Å². The van der Waals surface area contributed by atoms with Crippen LogP contribution in [0.15, 0.2) is 12.4 Å². The number of carbonyl (C=O) groups is 2. The maximum atomic E-state index is 11.9. The minimum Gasteiger partial charge on any atom is -0.496 e. The van der Waals surface area contributed by atoms with Gasteiger partial charge < -0.3 is 23.5 Å². The first-order valence-corrected chi connectivity index (χ1v) is 11.4. The molecule has 3 aromatic heterocycles. The molecule has 0 aromatic carbocycles. The highest BCUT2D eigenvalue weighted by atomic mass is 35.5. The van der Waals surface area contributed by atoms with Crippen molar-refractivity contribution in [2.45, 2.75) is 40.7 Å². The van der Waals surface area contributed by atoms with Crippen molar-refractivity contribution in [3.63, 3.8) is 0 Å². The molecule has 0 atom stereocenters. The van der Waals surface area contributed by atoms with Crippen LogP contribution in [0.3, 0.4) is 0 Å². The number of hydrogen-bond donors (Lipinski definition) is 1. The zero-order valence-corrected chi connectivity index (χ0v) is 21.1. The average molecular weight is 506 g/mol. The van der Waals surface area contributed by atoms with Crippen molar-refractivity contribution >= 4 is 40.8 Å². The maximum Gasteiger partial charge on any atom is 0.508 e. The van der Waals surface area contributed by atoms with Crippen molar-refractivity contribution in [2.75, 3.05) is 32.2 Å². The first kappa shape index (κ1) is 26.0. The van der Waals surface area contributed by atoms with Gasteiger partial charge in [-0.1, -0.05) is 11.6 Å². The van der Waals surface area contributed by atoms with Gasteiger partial charge in [-0.3, -0.25) is 10.3 Å². The third kappa shape index (κ3) is 6.10. The molecule has 188 valence electrons. The summed E-state index contributed by atoms with van der Waals surface area (Å²) >= 11 is 6.51. The number of fused-ring (bicyclic) bond motifs is 1. The van der Waals surface area contributed by atoms with E-state index in [4.69, 9.17) is 30.5 Å². The van der Waals surface area contributed by atoms with Gasteiger partial charge in [0.1, 0.15) is 16.5 Å². The summed E-state index contributed by atoms with van der Waals surface area (Å²) in [6, 6.07) is 0. The number of hydrogen-bond acceptors (Lipinski definition) is 9. The van der Waals surface area contributed by atoms with Crippen LogP contribution in [0.4, 0.5) is 15.5 Å². The molecule has 1 amide bonds. The average Bonchev–Trinajstić information content (AvgIpc) is 3.14. The van der Waals surface area contributed by atoms with Crippen LogP contribution in [0, 0.1) is 13.8 Å². The molecule has 1 N–H and O–H groups in total. The van der Waals surface area contributed by atoms with E-state index >= 15 is 0 Å². The van der Waals surface area contributed by atoms with Gasteiger partial charge in [0.15, 0.2) is 0 Å². The Kier molecular flexibility index (Phi) is 8.69. The number of methoxy groups -OCH3 is 1. The molecule has 0 aliphatic heterocycles.